The number of benzene rings is 1. The predicted octanol–water partition coefficient (Wildman–Crippen LogP) is 3.81. The third-order valence-corrected chi connectivity index (χ3v) is 4.27. The highest BCUT2D eigenvalue weighted by Crippen LogP contribution is 2.34. The first kappa shape index (κ1) is 18.0. The number of aryl methyl sites for hydroxylation is 2. The fraction of sp³-hybridized carbons (Fsp3) is 0.333. The van der Waals surface area contributed by atoms with E-state index in [1.165, 1.54) is 0 Å². The fourth-order valence-corrected chi connectivity index (χ4v) is 2.76. The number of carbonyl (C=O) groups excluding carboxylic acids is 1. The van der Waals surface area contributed by atoms with E-state index in [9.17, 15) is 9.59 Å². The molecule has 0 spiro atoms. The lowest BCUT2D eigenvalue weighted by Gasteiger charge is -2.12. The highest BCUT2D eigenvalue weighted by Gasteiger charge is 2.32. The molecule has 0 amide bonds. The minimum Gasteiger partial charge on any atom is -0.490 e. The average molecular weight is 353 g/mol. The molecule has 1 heterocycles. The van der Waals surface area contributed by atoms with E-state index in [1.807, 2.05) is 49.7 Å². The molecule has 5 heteroatoms. The Morgan fingerprint density at radius 3 is 2.46 bits per heavy atom. The van der Waals surface area contributed by atoms with Crippen LogP contribution in [0, 0.1) is 19.8 Å². The minimum atomic E-state index is -0.195. The molecular formula is C21H23NO4. The number of ether oxygens (including phenoxy) is 2. The zero-order valence-corrected chi connectivity index (χ0v) is 15.3. The Hall–Kier alpha value is -2.82. The molecule has 1 fully saturated rings. The second-order valence-corrected chi connectivity index (χ2v) is 6.49. The quantitative estimate of drug-likeness (QED) is 0.585. The SMILES string of the molecule is CCOc1ccc(/C=C/n2c(C)cc(=O)cc2C)cc1OC(=O)C1CC1. The van der Waals surface area contributed by atoms with Crippen LogP contribution in [0.2, 0.25) is 0 Å². The first-order valence-electron chi connectivity index (χ1n) is 8.84. The van der Waals surface area contributed by atoms with Crippen LogP contribution in [0.4, 0.5) is 0 Å². The smallest absolute Gasteiger partial charge is 0.314 e. The Kier molecular flexibility index (Phi) is 5.26. The van der Waals surface area contributed by atoms with Crippen LogP contribution in [-0.2, 0) is 4.79 Å². The lowest BCUT2D eigenvalue weighted by atomic mass is 10.2. The van der Waals surface area contributed by atoms with E-state index < -0.39 is 0 Å². The van der Waals surface area contributed by atoms with Crippen LogP contribution in [-0.4, -0.2) is 17.1 Å². The van der Waals surface area contributed by atoms with Crippen LogP contribution in [0.25, 0.3) is 12.3 Å². The molecule has 2 aromatic rings. The third-order valence-electron chi connectivity index (χ3n) is 4.27. The highest BCUT2D eigenvalue weighted by atomic mass is 16.6. The summed E-state index contributed by atoms with van der Waals surface area (Å²) < 4.78 is 13.0. The van der Waals surface area contributed by atoms with E-state index >= 15 is 0 Å². The van der Waals surface area contributed by atoms with Crippen LogP contribution >= 0.6 is 0 Å². The van der Waals surface area contributed by atoms with Gasteiger partial charge in [-0.1, -0.05) is 6.07 Å². The van der Waals surface area contributed by atoms with E-state index in [0.29, 0.717) is 18.1 Å². The van der Waals surface area contributed by atoms with Gasteiger partial charge in [0, 0.05) is 29.7 Å². The summed E-state index contributed by atoms with van der Waals surface area (Å²) in [7, 11) is 0. The summed E-state index contributed by atoms with van der Waals surface area (Å²) in [4.78, 5) is 23.6. The zero-order valence-electron chi connectivity index (χ0n) is 15.3. The van der Waals surface area contributed by atoms with Crippen molar-refractivity contribution in [1.29, 1.82) is 0 Å². The first-order valence-corrected chi connectivity index (χ1v) is 8.84. The Morgan fingerprint density at radius 2 is 1.85 bits per heavy atom. The van der Waals surface area contributed by atoms with E-state index in [1.54, 1.807) is 18.2 Å². The van der Waals surface area contributed by atoms with Gasteiger partial charge in [0.1, 0.15) is 0 Å². The molecule has 0 bridgehead atoms. The topological polar surface area (TPSA) is 57.5 Å². The number of nitrogens with zero attached hydrogens (tertiary/aromatic N) is 1. The molecule has 0 unspecified atom stereocenters. The first-order chi connectivity index (χ1) is 12.5. The van der Waals surface area contributed by atoms with Gasteiger partial charge in [0.2, 0.25) is 0 Å². The maximum atomic E-state index is 12.0. The van der Waals surface area contributed by atoms with Gasteiger partial charge in [-0.05, 0) is 57.4 Å². The number of carbonyl (C=O) groups is 1. The van der Waals surface area contributed by atoms with Gasteiger partial charge in [-0.3, -0.25) is 9.59 Å². The molecule has 0 atom stereocenters. The van der Waals surface area contributed by atoms with Crippen molar-refractivity contribution in [3.8, 4) is 11.5 Å². The minimum absolute atomic E-state index is 0.00000748. The number of hydrogen-bond acceptors (Lipinski definition) is 4. The fourth-order valence-electron chi connectivity index (χ4n) is 2.76. The molecule has 0 aliphatic heterocycles. The second kappa shape index (κ2) is 7.60. The van der Waals surface area contributed by atoms with Crippen LogP contribution in [0.5, 0.6) is 11.5 Å². The Bertz CT molecular complexity index is 880. The van der Waals surface area contributed by atoms with Gasteiger partial charge in [0.25, 0.3) is 0 Å². The zero-order chi connectivity index (χ0) is 18.7. The number of esters is 1. The molecule has 0 N–H and O–H groups in total. The largest absolute Gasteiger partial charge is 0.490 e. The molecule has 1 aromatic heterocycles. The van der Waals surface area contributed by atoms with Gasteiger partial charge in [0.15, 0.2) is 16.9 Å². The second-order valence-electron chi connectivity index (χ2n) is 6.49. The number of aromatic nitrogens is 1. The molecule has 1 aliphatic rings. The highest BCUT2D eigenvalue weighted by molar-refractivity contribution is 5.78. The van der Waals surface area contributed by atoms with Crippen LogP contribution < -0.4 is 14.9 Å². The van der Waals surface area contributed by atoms with Crippen molar-refractivity contribution < 1.29 is 14.3 Å². The third kappa shape index (κ3) is 4.23. The van der Waals surface area contributed by atoms with E-state index in [4.69, 9.17) is 9.47 Å². The molecule has 0 saturated heterocycles. The maximum Gasteiger partial charge on any atom is 0.314 e. The van der Waals surface area contributed by atoms with E-state index in [2.05, 4.69) is 0 Å². The summed E-state index contributed by atoms with van der Waals surface area (Å²) in [5.74, 6) is 0.836. The van der Waals surface area contributed by atoms with Crippen LogP contribution in [0.3, 0.4) is 0 Å². The van der Waals surface area contributed by atoms with Crippen LogP contribution in [0.1, 0.15) is 36.7 Å². The standard InChI is InChI=1S/C21H23NO4/c1-4-25-19-8-5-16(13-20(19)26-21(24)17-6-7-17)9-10-22-14(2)11-18(23)12-15(22)3/h5,8-13,17H,4,6-7H2,1-3H3/b10-9+. The van der Waals surface area contributed by atoms with Crippen molar-refractivity contribution in [3.05, 3.63) is 57.5 Å². The van der Waals surface area contributed by atoms with Gasteiger partial charge >= 0.3 is 5.97 Å². The van der Waals surface area contributed by atoms with E-state index in [0.717, 1.165) is 29.8 Å². The van der Waals surface area contributed by atoms with Gasteiger partial charge in [0.05, 0.1) is 12.5 Å². The summed E-state index contributed by atoms with van der Waals surface area (Å²) in [5.41, 5.74) is 2.60. The molecule has 1 aliphatic carbocycles. The molecule has 3 rings (SSSR count). The van der Waals surface area contributed by atoms with Gasteiger partial charge in [-0.25, -0.2) is 0 Å². The van der Waals surface area contributed by atoms with Gasteiger partial charge < -0.3 is 14.0 Å². The Labute approximate surface area is 152 Å². The van der Waals surface area contributed by atoms with Crippen molar-refractivity contribution in [1.82, 2.24) is 4.57 Å². The lowest BCUT2D eigenvalue weighted by molar-refractivity contribution is -0.135. The average Bonchev–Trinajstić information content (AvgIpc) is 3.41. The van der Waals surface area contributed by atoms with Crippen LogP contribution in [0.15, 0.2) is 35.1 Å². The van der Waals surface area contributed by atoms with Gasteiger partial charge in [-0.2, -0.15) is 0 Å². The summed E-state index contributed by atoms with van der Waals surface area (Å²) in [6.07, 6.45) is 5.60. The van der Waals surface area contributed by atoms with Crippen molar-refractivity contribution >= 4 is 18.2 Å². The number of hydrogen-bond donors (Lipinski definition) is 0. The number of pyridine rings is 1. The Morgan fingerprint density at radius 1 is 1.15 bits per heavy atom. The molecule has 1 aromatic carbocycles. The van der Waals surface area contributed by atoms with Crippen molar-refractivity contribution in [2.24, 2.45) is 5.92 Å². The van der Waals surface area contributed by atoms with Crippen molar-refractivity contribution in [3.63, 3.8) is 0 Å². The monoisotopic (exact) mass is 353 g/mol. The molecule has 5 nitrogen and oxygen atoms in total. The normalized spacial score (nSPS) is 13.8. The molecular weight excluding hydrogens is 330 g/mol. The number of rotatable bonds is 6. The van der Waals surface area contributed by atoms with E-state index in [-0.39, 0.29) is 17.3 Å². The summed E-state index contributed by atoms with van der Waals surface area (Å²) in [6.45, 7) is 6.17. The summed E-state index contributed by atoms with van der Waals surface area (Å²) in [5, 5.41) is 0. The summed E-state index contributed by atoms with van der Waals surface area (Å²) >= 11 is 0. The van der Waals surface area contributed by atoms with Gasteiger partial charge in [-0.15, -0.1) is 0 Å². The molecule has 0 radical (unpaired) electrons. The molecule has 26 heavy (non-hydrogen) atoms. The van der Waals surface area contributed by atoms with Crippen molar-refractivity contribution in [2.75, 3.05) is 6.61 Å². The molecule has 1 saturated carbocycles. The predicted molar refractivity (Wildman–Crippen MR) is 101 cm³/mol. The maximum absolute atomic E-state index is 12.0. The lowest BCUT2D eigenvalue weighted by Crippen LogP contribution is -2.11. The molecule has 136 valence electrons. The summed E-state index contributed by atoms with van der Waals surface area (Å²) in [6, 6.07) is 8.71. The van der Waals surface area contributed by atoms with Crippen molar-refractivity contribution in [2.45, 2.75) is 33.6 Å². The Balaban J connectivity index is 1.88.